The predicted octanol–water partition coefficient (Wildman–Crippen LogP) is 4.12. The summed E-state index contributed by atoms with van der Waals surface area (Å²) in [5.41, 5.74) is 0.443. The van der Waals surface area contributed by atoms with Gasteiger partial charge >= 0.3 is 0 Å². The van der Waals surface area contributed by atoms with Gasteiger partial charge in [0.2, 0.25) is 11.0 Å². The molecule has 9 heteroatoms. The third kappa shape index (κ3) is 5.80. The standard InChI is InChI=1S/C16H15FN4OS3/c17-11-3-1-4-12(9-11)19-14(22)10-24-16-21-20-15(25-16)18-7-6-13-5-2-8-23-13/h1-5,8-9H,6-7,10H2,(H,18,20)(H,19,22). The summed E-state index contributed by atoms with van der Waals surface area (Å²) in [7, 11) is 0. The number of hydrogen-bond acceptors (Lipinski definition) is 7. The van der Waals surface area contributed by atoms with Crippen molar-refractivity contribution in [3.05, 3.63) is 52.5 Å². The Kier molecular flexibility index (Phi) is 6.37. The van der Waals surface area contributed by atoms with Crippen LogP contribution in [0.2, 0.25) is 0 Å². The van der Waals surface area contributed by atoms with Crippen LogP contribution in [0.4, 0.5) is 15.2 Å². The molecule has 0 saturated heterocycles. The minimum atomic E-state index is -0.382. The topological polar surface area (TPSA) is 66.9 Å². The number of aromatic nitrogens is 2. The minimum absolute atomic E-state index is 0.195. The van der Waals surface area contributed by atoms with Crippen LogP contribution in [-0.2, 0) is 11.2 Å². The Labute approximate surface area is 156 Å². The predicted molar refractivity (Wildman–Crippen MR) is 102 cm³/mol. The summed E-state index contributed by atoms with van der Waals surface area (Å²) in [6.07, 6.45) is 0.940. The normalized spacial score (nSPS) is 10.6. The summed E-state index contributed by atoms with van der Waals surface area (Å²) in [5.74, 6) is -0.397. The molecule has 0 aliphatic rings. The molecular formula is C16H15FN4OS3. The molecule has 0 atom stereocenters. The van der Waals surface area contributed by atoms with Crippen LogP contribution in [0.1, 0.15) is 4.88 Å². The third-order valence-corrected chi connectivity index (χ3v) is 6.02. The van der Waals surface area contributed by atoms with Crippen LogP contribution in [0.3, 0.4) is 0 Å². The molecule has 0 spiro atoms. The van der Waals surface area contributed by atoms with Crippen molar-refractivity contribution in [2.24, 2.45) is 0 Å². The van der Waals surface area contributed by atoms with Gasteiger partial charge in [-0.05, 0) is 36.1 Å². The fourth-order valence-electron chi connectivity index (χ4n) is 1.98. The molecule has 3 aromatic rings. The molecule has 25 heavy (non-hydrogen) atoms. The average molecular weight is 395 g/mol. The van der Waals surface area contributed by atoms with E-state index in [-0.39, 0.29) is 17.5 Å². The largest absolute Gasteiger partial charge is 0.360 e. The smallest absolute Gasteiger partial charge is 0.234 e. The number of thioether (sulfide) groups is 1. The van der Waals surface area contributed by atoms with Gasteiger partial charge in [-0.15, -0.1) is 21.5 Å². The second-order valence-corrected chi connectivity index (χ2v) is 8.21. The molecule has 1 amide bonds. The van der Waals surface area contributed by atoms with Gasteiger partial charge in [0.05, 0.1) is 5.75 Å². The van der Waals surface area contributed by atoms with Crippen molar-refractivity contribution < 1.29 is 9.18 Å². The molecule has 0 unspecified atom stereocenters. The molecule has 0 aliphatic heterocycles. The Balaban J connectivity index is 1.41. The van der Waals surface area contributed by atoms with Crippen molar-refractivity contribution in [1.29, 1.82) is 0 Å². The van der Waals surface area contributed by atoms with Crippen molar-refractivity contribution in [3.8, 4) is 0 Å². The van der Waals surface area contributed by atoms with Crippen molar-refractivity contribution in [2.75, 3.05) is 22.9 Å². The lowest BCUT2D eigenvalue weighted by Crippen LogP contribution is -2.13. The molecule has 0 fully saturated rings. The molecule has 0 saturated carbocycles. The van der Waals surface area contributed by atoms with Crippen LogP contribution in [0.25, 0.3) is 0 Å². The highest BCUT2D eigenvalue weighted by Gasteiger charge is 2.09. The number of anilines is 2. The van der Waals surface area contributed by atoms with Gasteiger partial charge in [-0.2, -0.15) is 0 Å². The van der Waals surface area contributed by atoms with E-state index in [4.69, 9.17) is 0 Å². The first kappa shape index (κ1) is 17.8. The zero-order valence-corrected chi connectivity index (χ0v) is 15.5. The number of carbonyl (C=O) groups is 1. The SMILES string of the molecule is O=C(CSc1nnc(NCCc2cccs2)s1)Nc1cccc(F)c1. The maximum Gasteiger partial charge on any atom is 0.234 e. The zero-order chi connectivity index (χ0) is 17.5. The first-order chi connectivity index (χ1) is 12.2. The molecule has 0 bridgehead atoms. The number of carbonyl (C=O) groups excluding carboxylic acids is 1. The Morgan fingerprint density at radius 3 is 2.96 bits per heavy atom. The van der Waals surface area contributed by atoms with Crippen LogP contribution in [0.15, 0.2) is 46.1 Å². The van der Waals surface area contributed by atoms with Gasteiger partial charge in [-0.3, -0.25) is 4.79 Å². The van der Waals surface area contributed by atoms with E-state index in [1.54, 1.807) is 23.5 Å². The highest BCUT2D eigenvalue weighted by molar-refractivity contribution is 8.01. The fraction of sp³-hybridized carbons (Fsp3) is 0.188. The van der Waals surface area contributed by atoms with Gasteiger partial charge in [0, 0.05) is 17.1 Å². The Morgan fingerprint density at radius 2 is 2.16 bits per heavy atom. The van der Waals surface area contributed by atoms with Gasteiger partial charge in [-0.1, -0.05) is 35.2 Å². The maximum atomic E-state index is 13.1. The molecule has 5 nitrogen and oxygen atoms in total. The molecule has 0 radical (unpaired) electrons. The van der Waals surface area contributed by atoms with Gasteiger partial charge in [-0.25, -0.2) is 4.39 Å². The fourth-order valence-corrected chi connectivity index (χ4v) is 4.26. The summed E-state index contributed by atoms with van der Waals surface area (Å²) in [6.45, 7) is 0.792. The summed E-state index contributed by atoms with van der Waals surface area (Å²) in [4.78, 5) is 13.2. The second kappa shape index (κ2) is 8.93. The molecular weight excluding hydrogens is 379 g/mol. The van der Waals surface area contributed by atoms with Crippen LogP contribution in [0.5, 0.6) is 0 Å². The first-order valence-corrected chi connectivity index (χ1v) is 10.2. The molecule has 2 N–H and O–H groups in total. The number of amides is 1. The van der Waals surface area contributed by atoms with Crippen LogP contribution in [0, 0.1) is 5.82 Å². The van der Waals surface area contributed by atoms with E-state index >= 15 is 0 Å². The number of thiophene rings is 1. The number of halogens is 1. The highest BCUT2D eigenvalue weighted by Crippen LogP contribution is 2.25. The van der Waals surface area contributed by atoms with Gasteiger partial charge < -0.3 is 10.6 Å². The van der Waals surface area contributed by atoms with E-state index in [1.807, 2.05) is 6.07 Å². The van der Waals surface area contributed by atoms with Crippen LogP contribution < -0.4 is 10.6 Å². The highest BCUT2D eigenvalue weighted by atomic mass is 32.2. The minimum Gasteiger partial charge on any atom is -0.360 e. The Hall–Kier alpha value is -1.97. The van der Waals surface area contributed by atoms with Crippen LogP contribution >= 0.6 is 34.4 Å². The zero-order valence-electron chi connectivity index (χ0n) is 13.1. The number of benzene rings is 1. The molecule has 1 aromatic carbocycles. The first-order valence-electron chi connectivity index (χ1n) is 7.47. The Morgan fingerprint density at radius 1 is 1.24 bits per heavy atom. The van der Waals surface area contributed by atoms with Crippen molar-refractivity contribution in [2.45, 2.75) is 10.8 Å². The van der Waals surface area contributed by atoms with Gasteiger partial charge in [0.1, 0.15) is 5.82 Å². The number of hydrogen-bond donors (Lipinski definition) is 2. The third-order valence-electron chi connectivity index (χ3n) is 3.07. The number of nitrogens with zero attached hydrogens (tertiary/aromatic N) is 2. The molecule has 2 aromatic heterocycles. The van der Waals surface area contributed by atoms with Crippen molar-refractivity contribution in [3.63, 3.8) is 0 Å². The average Bonchev–Trinajstić information content (AvgIpc) is 3.25. The molecule has 130 valence electrons. The quantitative estimate of drug-likeness (QED) is 0.563. The molecule has 3 rings (SSSR count). The Bertz CT molecular complexity index is 822. The van der Waals surface area contributed by atoms with E-state index in [9.17, 15) is 9.18 Å². The van der Waals surface area contributed by atoms with E-state index in [0.29, 0.717) is 10.0 Å². The lowest BCUT2D eigenvalue weighted by atomic mass is 10.3. The molecule has 2 heterocycles. The number of rotatable bonds is 8. The van der Waals surface area contributed by atoms with E-state index in [2.05, 4.69) is 32.3 Å². The van der Waals surface area contributed by atoms with Gasteiger partial charge in [0.15, 0.2) is 4.34 Å². The summed E-state index contributed by atoms with van der Waals surface area (Å²) >= 11 is 4.45. The van der Waals surface area contributed by atoms with Gasteiger partial charge in [0.25, 0.3) is 0 Å². The van der Waals surface area contributed by atoms with Crippen LogP contribution in [-0.4, -0.2) is 28.4 Å². The summed E-state index contributed by atoms with van der Waals surface area (Å²) in [6, 6.07) is 9.95. The lowest BCUT2D eigenvalue weighted by Gasteiger charge is -2.03. The summed E-state index contributed by atoms with van der Waals surface area (Å²) in [5, 5.41) is 16.8. The maximum absolute atomic E-state index is 13.1. The monoisotopic (exact) mass is 394 g/mol. The van der Waals surface area contributed by atoms with Crippen molar-refractivity contribution >= 4 is 51.2 Å². The number of nitrogens with one attached hydrogen (secondary N) is 2. The second-order valence-electron chi connectivity index (χ2n) is 4.98. The van der Waals surface area contributed by atoms with Crippen molar-refractivity contribution in [1.82, 2.24) is 10.2 Å². The summed E-state index contributed by atoms with van der Waals surface area (Å²) < 4.78 is 13.8. The lowest BCUT2D eigenvalue weighted by molar-refractivity contribution is -0.113. The van der Waals surface area contributed by atoms with E-state index < -0.39 is 0 Å². The van der Waals surface area contributed by atoms with E-state index in [0.717, 1.165) is 18.1 Å². The van der Waals surface area contributed by atoms with E-state index in [1.165, 1.54) is 40.1 Å². The molecule has 0 aliphatic carbocycles.